The fourth-order valence-corrected chi connectivity index (χ4v) is 4.60. The Bertz CT molecular complexity index is 1090. The van der Waals surface area contributed by atoms with Gasteiger partial charge in [0.1, 0.15) is 17.4 Å². The largest absolute Gasteiger partial charge is 0.488 e. The molecule has 1 amide bonds. The highest BCUT2D eigenvalue weighted by atomic mass is 32.1. The van der Waals surface area contributed by atoms with Crippen LogP contribution in [-0.4, -0.2) is 26.8 Å². The number of rotatable bonds is 4. The molecule has 1 aromatic carbocycles. The molecule has 0 bridgehead atoms. The van der Waals surface area contributed by atoms with Crippen LogP contribution in [0.2, 0.25) is 0 Å². The number of benzene rings is 1. The van der Waals surface area contributed by atoms with E-state index in [4.69, 9.17) is 4.74 Å². The van der Waals surface area contributed by atoms with Crippen molar-refractivity contribution >= 4 is 28.2 Å². The lowest BCUT2D eigenvalue weighted by atomic mass is 10.0. The van der Waals surface area contributed by atoms with Gasteiger partial charge >= 0.3 is 0 Å². The number of ketones is 1. The molecule has 0 aliphatic carbocycles. The minimum absolute atomic E-state index is 0.0790. The summed E-state index contributed by atoms with van der Waals surface area (Å²) in [4.78, 5) is 30.4. The van der Waals surface area contributed by atoms with Gasteiger partial charge in [0, 0.05) is 12.6 Å². The quantitative estimate of drug-likeness (QED) is 0.622. The maximum absolute atomic E-state index is 12.9. The second-order valence-corrected chi connectivity index (χ2v) is 9.44. The molecule has 0 unspecified atom stereocenters. The molecule has 30 heavy (non-hydrogen) atoms. The van der Waals surface area contributed by atoms with Gasteiger partial charge < -0.3 is 14.6 Å². The Hall–Kier alpha value is -2.93. The lowest BCUT2D eigenvalue weighted by Gasteiger charge is -2.24. The van der Waals surface area contributed by atoms with Crippen LogP contribution >= 0.6 is 11.3 Å². The molecule has 1 aliphatic rings. The van der Waals surface area contributed by atoms with Crippen LogP contribution < -0.4 is 10.1 Å². The smallest absolute Gasteiger partial charge is 0.249 e. The zero-order chi connectivity index (χ0) is 21.5. The van der Waals surface area contributed by atoms with Crippen LogP contribution in [0, 0.1) is 6.92 Å². The summed E-state index contributed by atoms with van der Waals surface area (Å²) >= 11 is 1.45. The van der Waals surface area contributed by atoms with E-state index in [0.29, 0.717) is 23.7 Å². The van der Waals surface area contributed by atoms with Crippen LogP contribution in [0.4, 0.5) is 5.13 Å². The molecule has 3 aromatic rings. The number of Topliss-reactive ketones (excluding diaryl/α,β-unsaturated/α-hetero) is 1. The lowest BCUT2D eigenvalue weighted by molar-refractivity contribution is -0.119. The number of carbonyl (C=O) groups is 2. The summed E-state index contributed by atoms with van der Waals surface area (Å²) < 4.78 is 7.64. The number of ether oxygens (including phenoxy) is 1. The standard InChI is InChI=1S/C23H25N3O3S/c1-14-20(15-7-9-16(10-8-15)29-23(2,3)4)30-22(24-14)25-21(28)18-11-12-19(27)17-6-5-13-26(17)18/h5-10,13,18H,11-12H2,1-4H3,(H,24,25,28)/t18-/m1/s1. The summed E-state index contributed by atoms with van der Waals surface area (Å²) in [7, 11) is 0. The average Bonchev–Trinajstić information content (AvgIpc) is 3.29. The van der Waals surface area contributed by atoms with E-state index in [1.54, 1.807) is 22.9 Å². The third kappa shape index (κ3) is 4.16. The summed E-state index contributed by atoms with van der Waals surface area (Å²) in [6, 6.07) is 11.1. The first-order valence-corrected chi connectivity index (χ1v) is 10.8. The van der Waals surface area contributed by atoms with E-state index in [-0.39, 0.29) is 17.3 Å². The van der Waals surface area contributed by atoms with Crippen LogP contribution in [0.25, 0.3) is 10.4 Å². The number of hydrogen-bond acceptors (Lipinski definition) is 5. The second kappa shape index (κ2) is 7.72. The van der Waals surface area contributed by atoms with Gasteiger partial charge in [-0.1, -0.05) is 11.3 Å². The van der Waals surface area contributed by atoms with Crippen molar-refractivity contribution in [3.8, 4) is 16.2 Å². The molecule has 0 fully saturated rings. The molecule has 3 heterocycles. The van der Waals surface area contributed by atoms with Gasteiger partial charge in [-0.25, -0.2) is 4.98 Å². The maximum Gasteiger partial charge on any atom is 0.249 e. The Morgan fingerprint density at radius 3 is 2.67 bits per heavy atom. The number of aryl methyl sites for hydroxylation is 1. The molecule has 0 radical (unpaired) electrons. The Balaban J connectivity index is 1.50. The van der Waals surface area contributed by atoms with Crippen molar-refractivity contribution in [1.29, 1.82) is 0 Å². The fourth-order valence-electron chi connectivity index (χ4n) is 3.63. The second-order valence-electron chi connectivity index (χ2n) is 8.44. The van der Waals surface area contributed by atoms with Gasteiger partial charge in [-0.05, 0) is 76.1 Å². The molecule has 1 aliphatic heterocycles. The number of thiazole rings is 1. The van der Waals surface area contributed by atoms with E-state index < -0.39 is 6.04 Å². The van der Waals surface area contributed by atoms with E-state index >= 15 is 0 Å². The highest BCUT2D eigenvalue weighted by Crippen LogP contribution is 2.35. The first-order valence-electron chi connectivity index (χ1n) is 9.99. The van der Waals surface area contributed by atoms with E-state index in [9.17, 15) is 9.59 Å². The average molecular weight is 424 g/mol. The molecular formula is C23H25N3O3S. The first kappa shape index (κ1) is 20.3. The topological polar surface area (TPSA) is 73.2 Å². The molecule has 1 atom stereocenters. The van der Waals surface area contributed by atoms with Gasteiger partial charge in [0.2, 0.25) is 5.91 Å². The molecule has 7 heteroatoms. The monoisotopic (exact) mass is 423 g/mol. The molecule has 6 nitrogen and oxygen atoms in total. The Kier molecular flexibility index (Phi) is 5.24. The molecule has 0 saturated heterocycles. The van der Waals surface area contributed by atoms with E-state index in [1.807, 2.05) is 52.0 Å². The normalized spacial score (nSPS) is 16.3. The van der Waals surface area contributed by atoms with Gasteiger partial charge in [-0.2, -0.15) is 0 Å². The van der Waals surface area contributed by atoms with Crippen molar-refractivity contribution in [3.05, 3.63) is 54.0 Å². The van der Waals surface area contributed by atoms with Gasteiger partial charge in [-0.3, -0.25) is 9.59 Å². The van der Waals surface area contributed by atoms with Crippen molar-refractivity contribution in [3.63, 3.8) is 0 Å². The Morgan fingerprint density at radius 2 is 1.97 bits per heavy atom. The highest BCUT2D eigenvalue weighted by Gasteiger charge is 2.30. The van der Waals surface area contributed by atoms with Gasteiger partial charge in [-0.15, -0.1) is 0 Å². The van der Waals surface area contributed by atoms with Crippen LogP contribution in [0.5, 0.6) is 5.75 Å². The van der Waals surface area contributed by atoms with Crippen molar-refractivity contribution in [2.45, 2.75) is 52.2 Å². The highest BCUT2D eigenvalue weighted by molar-refractivity contribution is 7.19. The predicted molar refractivity (Wildman–Crippen MR) is 118 cm³/mol. The maximum atomic E-state index is 12.9. The van der Waals surface area contributed by atoms with E-state index in [2.05, 4.69) is 10.3 Å². The van der Waals surface area contributed by atoms with Crippen LogP contribution in [0.1, 0.15) is 55.8 Å². The van der Waals surface area contributed by atoms with E-state index in [0.717, 1.165) is 21.9 Å². The third-order valence-corrected chi connectivity index (χ3v) is 6.04. The number of fused-ring (bicyclic) bond motifs is 1. The van der Waals surface area contributed by atoms with E-state index in [1.165, 1.54) is 11.3 Å². The Morgan fingerprint density at radius 1 is 1.23 bits per heavy atom. The first-order chi connectivity index (χ1) is 14.2. The number of carbonyl (C=O) groups excluding carboxylic acids is 2. The number of hydrogen-bond donors (Lipinski definition) is 1. The zero-order valence-corrected chi connectivity index (χ0v) is 18.4. The summed E-state index contributed by atoms with van der Waals surface area (Å²) in [6.45, 7) is 7.98. The van der Waals surface area contributed by atoms with Gasteiger partial charge in [0.05, 0.1) is 16.3 Å². The summed E-state index contributed by atoms with van der Waals surface area (Å²) in [6.07, 6.45) is 2.67. The SMILES string of the molecule is Cc1nc(NC(=O)[C@H]2CCC(=O)c3cccn32)sc1-c1ccc(OC(C)(C)C)cc1. The van der Waals surface area contributed by atoms with Crippen molar-refractivity contribution in [2.24, 2.45) is 0 Å². The van der Waals surface area contributed by atoms with Gasteiger partial charge in [0.25, 0.3) is 0 Å². The number of anilines is 1. The van der Waals surface area contributed by atoms with Crippen molar-refractivity contribution < 1.29 is 14.3 Å². The number of nitrogens with zero attached hydrogens (tertiary/aromatic N) is 2. The summed E-state index contributed by atoms with van der Waals surface area (Å²) in [5, 5.41) is 3.51. The molecule has 1 N–H and O–H groups in total. The Labute approximate surface area is 179 Å². The number of amides is 1. The summed E-state index contributed by atoms with van der Waals surface area (Å²) in [5.74, 6) is 0.751. The zero-order valence-electron chi connectivity index (χ0n) is 17.6. The minimum atomic E-state index is -0.394. The van der Waals surface area contributed by atoms with Crippen molar-refractivity contribution in [1.82, 2.24) is 9.55 Å². The number of nitrogens with one attached hydrogen (secondary N) is 1. The van der Waals surface area contributed by atoms with Crippen LogP contribution in [0.15, 0.2) is 42.6 Å². The molecule has 156 valence electrons. The lowest BCUT2D eigenvalue weighted by Crippen LogP contribution is -2.31. The number of aromatic nitrogens is 2. The van der Waals surface area contributed by atoms with Crippen LogP contribution in [0.3, 0.4) is 0 Å². The molecule has 4 rings (SSSR count). The molecule has 0 spiro atoms. The van der Waals surface area contributed by atoms with Gasteiger partial charge in [0.15, 0.2) is 10.9 Å². The van der Waals surface area contributed by atoms with Crippen molar-refractivity contribution in [2.75, 3.05) is 5.32 Å². The third-order valence-electron chi connectivity index (χ3n) is 4.92. The fraction of sp³-hybridized carbons (Fsp3) is 0.348. The molecule has 0 saturated carbocycles. The molecule has 2 aromatic heterocycles. The summed E-state index contributed by atoms with van der Waals surface area (Å²) in [5.41, 5.74) is 2.24. The minimum Gasteiger partial charge on any atom is -0.488 e. The van der Waals surface area contributed by atoms with Crippen LogP contribution in [-0.2, 0) is 4.79 Å². The predicted octanol–water partition coefficient (Wildman–Crippen LogP) is 5.25. The molecular weight excluding hydrogens is 398 g/mol.